The minimum absolute atomic E-state index is 0.789. The third-order valence-electron chi connectivity index (χ3n) is 2.84. The Morgan fingerprint density at radius 1 is 1.05 bits per heavy atom. The molecule has 0 aliphatic heterocycles. The first-order valence-electron chi connectivity index (χ1n) is 5.97. The molecule has 0 saturated heterocycles. The summed E-state index contributed by atoms with van der Waals surface area (Å²) in [5.74, 6) is 1.59. The van der Waals surface area contributed by atoms with E-state index < -0.39 is 0 Å². The van der Waals surface area contributed by atoms with Crippen LogP contribution in [0.2, 0.25) is 0 Å². The van der Waals surface area contributed by atoms with Gasteiger partial charge in [0.1, 0.15) is 11.6 Å². The maximum Gasteiger partial charge on any atom is 0.132 e. The van der Waals surface area contributed by atoms with E-state index in [1.54, 1.807) is 6.20 Å². The zero-order valence-electron chi connectivity index (χ0n) is 10.4. The Morgan fingerprint density at radius 2 is 1.95 bits per heavy atom. The summed E-state index contributed by atoms with van der Waals surface area (Å²) in [5.41, 5.74) is 2.11. The molecule has 19 heavy (non-hydrogen) atoms. The smallest absolute Gasteiger partial charge is 0.132 e. The van der Waals surface area contributed by atoms with E-state index in [2.05, 4.69) is 31.2 Å². The van der Waals surface area contributed by atoms with Crippen molar-refractivity contribution in [3.63, 3.8) is 0 Å². The van der Waals surface area contributed by atoms with Crippen molar-refractivity contribution < 1.29 is 0 Å². The quantitative estimate of drug-likeness (QED) is 0.759. The van der Waals surface area contributed by atoms with Gasteiger partial charge in [-0.15, -0.1) is 0 Å². The van der Waals surface area contributed by atoms with Gasteiger partial charge in [0.25, 0.3) is 0 Å². The van der Waals surface area contributed by atoms with Crippen molar-refractivity contribution in [3.8, 4) is 0 Å². The van der Waals surface area contributed by atoms with Gasteiger partial charge in [-0.25, -0.2) is 9.97 Å². The fourth-order valence-corrected chi connectivity index (χ4v) is 2.39. The van der Waals surface area contributed by atoms with E-state index in [1.165, 1.54) is 5.56 Å². The predicted molar refractivity (Wildman–Crippen MR) is 81.7 cm³/mol. The Morgan fingerprint density at radius 3 is 2.79 bits per heavy atom. The molecule has 2 aromatic heterocycles. The number of pyridine rings is 2. The van der Waals surface area contributed by atoms with E-state index >= 15 is 0 Å². The maximum absolute atomic E-state index is 4.60. The summed E-state index contributed by atoms with van der Waals surface area (Å²) in [6.45, 7) is 2.04. The lowest BCUT2D eigenvalue weighted by atomic mass is 10.2. The molecule has 94 valence electrons. The molecule has 3 aromatic rings. The minimum atomic E-state index is 0.789. The highest BCUT2D eigenvalue weighted by molar-refractivity contribution is 9.10. The van der Waals surface area contributed by atoms with Crippen LogP contribution in [0.15, 0.2) is 53.1 Å². The van der Waals surface area contributed by atoms with Crippen molar-refractivity contribution in [1.82, 2.24) is 9.97 Å². The molecule has 0 atom stereocenters. The van der Waals surface area contributed by atoms with Crippen molar-refractivity contribution in [2.24, 2.45) is 0 Å². The van der Waals surface area contributed by atoms with Crippen molar-refractivity contribution in [1.29, 1.82) is 0 Å². The highest BCUT2D eigenvalue weighted by Gasteiger charge is 2.02. The summed E-state index contributed by atoms with van der Waals surface area (Å²) >= 11 is 3.52. The summed E-state index contributed by atoms with van der Waals surface area (Å²) in [5, 5.41) is 4.33. The van der Waals surface area contributed by atoms with Gasteiger partial charge in [-0.2, -0.15) is 0 Å². The molecular formula is C15H12BrN3. The first-order chi connectivity index (χ1) is 9.22. The summed E-state index contributed by atoms with van der Waals surface area (Å²) in [4.78, 5) is 8.88. The van der Waals surface area contributed by atoms with Crippen molar-refractivity contribution >= 4 is 38.5 Å². The summed E-state index contributed by atoms with van der Waals surface area (Å²) in [6.07, 6.45) is 1.79. The third-order valence-corrected chi connectivity index (χ3v) is 3.48. The molecule has 0 saturated carbocycles. The number of hydrogen-bond acceptors (Lipinski definition) is 3. The van der Waals surface area contributed by atoms with E-state index in [4.69, 9.17) is 0 Å². The molecule has 4 heteroatoms. The van der Waals surface area contributed by atoms with E-state index in [9.17, 15) is 0 Å². The van der Waals surface area contributed by atoms with Crippen LogP contribution in [0.1, 0.15) is 5.56 Å². The molecule has 3 rings (SSSR count). The molecule has 0 aliphatic rings. The Kier molecular flexibility index (Phi) is 3.17. The fourth-order valence-electron chi connectivity index (χ4n) is 1.92. The highest BCUT2D eigenvalue weighted by atomic mass is 79.9. The fraction of sp³-hybridized carbons (Fsp3) is 0.0667. The van der Waals surface area contributed by atoms with Crippen LogP contribution in [-0.2, 0) is 0 Å². The summed E-state index contributed by atoms with van der Waals surface area (Å²) < 4.78 is 0.992. The first kappa shape index (κ1) is 12.1. The minimum Gasteiger partial charge on any atom is -0.325 e. The van der Waals surface area contributed by atoms with Crippen LogP contribution in [0.4, 0.5) is 11.6 Å². The Hall–Kier alpha value is -1.94. The number of aromatic nitrogens is 2. The van der Waals surface area contributed by atoms with Crippen LogP contribution in [0.25, 0.3) is 10.9 Å². The lowest BCUT2D eigenvalue weighted by molar-refractivity contribution is 1.25. The van der Waals surface area contributed by atoms with E-state index in [1.807, 2.05) is 49.4 Å². The van der Waals surface area contributed by atoms with Gasteiger partial charge < -0.3 is 5.32 Å². The molecule has 2 heterocycles. The largest absolute Gasteiger partial charge is 0.325 e. The normalized spacial score (nSPS) is 10.6. The molecule has 0 radical (unpaired) electrons. The topological polar surface area (TPSA) is 37.8 Å². The molecule has 1 aromatic carbocycles. The van der Waals surface area contributed by atoms with Crippen LogP contribution in [0.5, 0.6) is 0 Å². The van der Waals surface area contributed by atoms with Gasteiger partial charge >= 0.3 is 0 Å². The van der Waals surface area contributed by atoms with Crippen molar-refractivity contribution in [2.45, 2.75) is 6.92 Å². The molecule has 0 aliphatic carbocycles. The third kappa shape index (κ3) is 2.58. The van der Waals surface area contributed by atoms with Gasteiger partial charge in [0.05, 0.1) is 5.52 Å². The number of aryl methyl sites for hydroxylation is 1. The van der Waals surface area contributed by atoms with Crippen LogP contribution >= 0.6 is 15.9 Å². The lowest BCUT2D eigenvalue weighted by Gasteiger charge is -2.07. The second-order valence-corrected chi connectivity index (χ2v) is 5.21. The van der Waals surface area contributed by atoms with E-state index in [0.29, 0.717) is 0 Å². The lowest BCUT2D eigenvalue weighted by Crippen LogP contribution is -1.96. The summed E-state index contributed by atoms with van der Waals surface area (Å²) in [7, 11) is 0. The molecule has 0 bridgehead atoms. The molecule has 0 spiro atoms. The van der Waals surface area contributed by atoms with Gasteiger partial charge in [-0.1, -0.05) is 12.1 Å². The van der Waals surface area contributed by atoms with E-state index in [0.717, 1.165) is 27.0 Å². The second-order valence-electron chi connectivity index (χ2n) is 4.35. The maximum atomic E-state index is 4.60. The van der Waals surface area contributed by atoms with Gasteiger partial charge in [0.15, 0.2) is 0 Å². The van der Waals surface area contributed by atoms with Crippen LogP contribution in [0.3, 0.4) is 0 Å². The Labute approximate surface area is 119 Å². The zero-order valence-corrected chi connectivity index (χ0v) is 12.0. The van der Waals surface area contributed by atoms with Gasteiger partial charge in [-0.3, -0.25) is 0 Å². The van der Waals surface area contributed by atoms with Crippen LogP contribution in [-0.4, -0.2) is 9.97 Å². The highest BCUT2D eigenvalue weighted by Crippen LogP contribution is 2.24. The number of hydrogen-bond donors (Lipinski definition) is 1. The number of halogens is 1. The Bertz CT molecular complexity index is 740. The second kappa shape index (κ2) is 4.97. The van der Waals surface area contributed by atoms with Gasteiger partial charge in [-0.05, 0) is 58.7 Å². The van der Waals surface area contributed by atoms with Crippen LogP contribution < -0.4 is 5.32 Å². The Balaban J connectivity index is 2.00. The average Bonchev–Trinajstić information content (AvgIpc) is 2.40. The number of fused-ring (bicyclic) bond motifs is 1. The first-order valence-corrected chi connectivity index (χ1v) is 6.77. The molecule has 3 nitrogen and oxygen atoms in total. The molecule has 1 N–H and O–H groups in total. The van der Waals surface area contributed by atoms with Crippen molar-refractivity contribution in [2.75, 3.05) is 5.32 Å². The number of nitrogens with zero attached hydrogens (tertiary/aromatic N) is 2. The zero-order chi connectivity index (χ0) is 13.2. The molecule has 0 amide bonds. The molecule has 0 fully saturated rings. The molecule has 0 unspecified atom stereocenters. The SMILES string of the molecule is Cc1ccnc(Nc2ccc3cccc(Br)c3n2)c1. The number of para-hydroxylation sites is 1. The number of rotatable bonds is 2. The molecular weight excluding hydrogens is 302 g/mol. The van der Waals surface area contributed by atoms with Crippen molar-refractivity contribution in [3.05, 3.63) is 58.7 Å². The van der Waals surface area contributed by atoms with Crippen LogP contribution in [0, 0.1) is 6.92 Å². The number of benzene rings is 1. The standard InChI is InChI=1S/C15H12BrN3/c1-10-7-8-17-14(9-10)18-13-6-5-11-3-2-4-12(16)15(11)19-13/h2-9H,1H3,(H,17,18,19). The predicted octanol–water partition coefficient (Wildman–Crippen LogP) is 4.44. The number of anilines is 2. The van der Waals surface area contributed by atoms with Gasteiger partial charge in [0.2, 0.25) is 0 Å². The van der Waals surface area contributed by atoms with E-state index in [-0.39, 0.29) is 0 Å². The monoisotopic (exact) mass is 313 g/mol. The van der Waals surface area contributed by atoms with Gasteiger partial charge in [0, 0.05) is 16.1 Å². The number of nitrogens with one attached hydrogen (secondary N) is 1. The summed E-state index contributed by atoms with van der Waals surface area (Å²) in [6, 6.07) is 14.0. The average molecular weight is 314 g/mol.